The van der Waals surface area contributed by atoms with Crippen LogP contribution in [-0.2, 0) is 19.8 Å². The number of anilines is 1. The van der Waals surface area contributed by atoms with Crippen molar-refractivity contribution in [2.75, 3.05) is 18.5 Å². The van der Waals surface area contributed by atoms with E-state index in [1.807, 2.05) is 0 Å². The third-order valence-corrected chi connectivity index (χ3v) is 4.31. The summed E-state index contributed by atoms with van der Waals surface area (Å²) in [6, 6.07) is 2.44. The summed E-state index contributed by atoms with van der Waals surface area (Å²) in [5.74, 6) is 0.398. The molecular weight excluding hydrogens is 457 g/mol. The Bertz CT molecular complexity index is 1140. The molecule has 2 amide bonds. The Labute approximate surface area is 192 Å². The minimum Gasteiger partial charge on any atom is -0.478 e. The first-order valence-electron chi connectivity index (χ1n) is 10.2. The number of urea groups is 1. The van der Waals surface area contributed by atoms with Crippen molar-refractivity contribution < 1.29 is 27.4 Å². The smallest absolute Gasteiger partial charge is 0.435 e. The third kappa shape index (κ3) is 6.08. The Morgan fingerprint density at radius 1 is 1.12 bits per heavy atom. The molecule has 0 spiro atoms. The van der Waals surface area contributed by atoms with Gasteiger partial charge in [-0.3, -0.25) is 10.00 Å². The highest BCUT2D eigenvalue weighted by Crippen LogP contribution is 2.36. The van der Waals surface area contributed by atoms with Crippen molar-refractivity contribution >= 4 is 11.8 Å². The Kier molecular flexibility index (Phi) is 7.48. The van der Waals surface area contributed by atoms with Crippen LogP contribution in [0, 0.1) is 6.92 Å². The highest BCUT2D eigenvalue weighted by atomic mass is 19.4. The van der Waals surface area contributed by atoms with Crippen LogP contribution in [0.1, 0.15) is 30.8 Å². The van der Waals surface area contributed by atoms with Crippen molar-refractivity contribution in [2.24, 2.45) is 7.05 Å². The minimum atomic E-state index is -4.63. The van der Waals surface area contributed by atoms with E-state index in [2.05, 4.69) is 35.9 Å². The van der Waals surface area contributed by atoms with Crippen LogP contribution in [0.3, 0.4) is 0 Å². The number of carbonyl (C=O) groups is 1. The number of aromatic nitrogens is 6. The number of halogens is 3. The first-order chi connectivity index (χ1) is 16.1. The molecule has 0 saturated heterocycles. The number of carbonyl (C=O) groups excluding carboxylic acids is 1. The monoisotopic (exact) mass is 480 g/mol. The Balaban J connectivity index is 1.69. The second kappa shape index (κ2) is 10.3. The second-order valence-electron chi connectivity index (χ2n) is 6.98. The summed E-state index contributed by atoms with van der Waals surface area (Å²) in [5.41, 5.74) is -0.358. The van der Waals surface area contributed by atoms with Gasteiger partial charge in [-0.05, 0) is 32.4 Å². The largest absolute Gasteiger partial charge is 0.478 e. The van der Waals surface area contributed by atoms with Gasteiger partial charge in [-0.2, -0.15) is 33.3 Å². The molecule has 0 unspecified atom stereocenters. The normalized spacial score (nSPS) is 11.3. The molecule has 0 radical (unpaired) electrons. The van der Waals surface area contributed by atoms with Crippen LogP contribution in [-0.4, -0.2) is 49.2 Å². The molecule has 182 valence electrons. The lowest BCUT2D eigenvalue weighted by molar-refractivity contribution is -0.141. The van der Waals surface area contributed by atoms with E-state index in [9.17, 15) is 18.0 Å². The van der Waals surface area contributed by atoms with Crippen LogP contribution in [0.25, 0.3) is 11.3 Å². The van der Waals surface area contributed by atoms with Gasteiger partial charge in [0.1, 0.15) is 5.82 Å². The molecule has 0 aliphatic carbocycles. The van der Waals surface area contributed by atoms with Crippen LogP contribution < -0.4 is 20.1 Å². The van der Waals surface area contributed by atoms with E-state index in [-0.39, 0.29) is 35.5 Å². The molecule has 0 atom stereocenters. The molecule has 3 aromatic heterocycles. The van der Waals surface area contributed by atoms with E-state index in [1.54, 1.807) is 26.8 Å². The topological polar surface area (TPSA) is 129 Å². The van der Waals surface area contributed by atoms with Gasteiger partial charge in [0, 0.05) is 19.3 Å². The SMILES string of the molecule is CCOc1cc(NC(=O)NCc2cc(C)c(-c3cn(C)nc3C(F)(F)F)nn2)nc(OCC)n1. The zero-order chi connectivity index (χ0) is 24.9. The quantitative estimate of drug-likeness (QED) is 0.503. The third-order valence-electron chi connectivity index (χ3n) is 4.31. The van der Waals surface area contributed by atoms with Gasteiger partial charge in [-0.15, -0.1) is 5.10 Å². The molecule has 0 aliphatic heterocycles. The number of nitrogens with zero attached hydrogens (tertiary/aromatic N) is 6. The number of aryl methyl sites for hydroxylation is 2. The maximum absolute atomic E-state index is 13.3. The molecule has 11 nitrogen and oxygen atoms in total. The molecule has 3 rings (SSSR count). The first-order valence-corrected chi connectivity index (χ1v) is 10.2. The number of rotatable bonds is 8. The number of alkyl halides is 3. The summed E-state index contributed by atoms with van der Waals surface area (Å²) in [5, 5.41) is 16.5. The van der Waals surface area contributed by atoms with Gasteiger partial charge in [0.15, 0.2) is 5.69 Å². The molecule has 34 heavy (non-hydrogen) atoms. The fourth-order valence-corrected chi connectivity index (χ4v) is 2.98. The molecule has 0 bridgehead atoms. The number of nitrogens with one attached hydrogen (secondary N) is 2. The van der Waals surface area contributed by atoms with Crippen molar-refractivity contribution in [3.63, 3.8) is 0 Å². The van der Waals surface area contributed by atoms with Crippen LogP contribution in [0.2, 0.25) is 0 Å². The maximum Gasteiger partial charge on any atom is 0.435 e. The van der Waals surface area contributed by atoms with Crippen molar-refractivity contribution in [3.8, 4) is 23.1 Å². The standard InChI is InChI=1S/C20H23F3N8O3/c1-5-33-15-8-14(26-19(27-15)34-6-2)25-18(32)24-9-12-7-11(3)16(29-28-12)13-10-31(4)30-17(13)20(21,22)23/h7-8,10H,5-6,9H2,1-4H3,(H2,24,25,26,27,32). The summed E-state index contributed by atoms with van der Waals surface area (Å²) >= 11 is 0. The molecule has 3 aromatic rings. The Hall–Kier alpha value is -3.97. The van der Waals surface area contributed by atoms with Gasteiger partial charge < -0.3 is 14.8 Å². The van der Waals surface area contributed by atoms with Crippen LogP contribution in [0.5, 0.6) is 11.9 Å². The summed E-state index contributed by atoms with van der Waals surface area (Å²) in [6.07, 6.45) is -3.39. The summed E-state index contributed by atoms with van der Waals surface area (Å²) in [7, 11) is 1.39. The molecule has 3 heterocycles. The fourth-order valence-electron chi connectivity index (χ4n) is 2.98. The average molecular weight is 480 g/mol. The van der Waals surface area contributed by atoms with E-state index in [0.717, 1.165) is 4.68 Å². The van der Waals surface area contributed by atoms with Gasteiger partial charge in [-0.1, -0.05) is 0 Å². The van der Waals surface area contributed by atoms with Crippen LogP contribution in [0.4, 0.5) is 23.8 Å². The van der Waals surface area contributed by atoms with Gasteiger partial charge >= 0.3 is 18.2 Å². The zero-order valence-corrected chi connectivity index (χ0v) is 18.9. The lowest BCUT2D eigenvalue weighted by atomic mass is 10.1. The molecule has 0 fully saturated rings. The Morgan fingerprint density at radius 3 is 2.50 bits per heavy atom. The summed E-state index contributed by atoms with van der Waals surface area (Å²) in [4.78, 5) is 20.4. The van der Waals surface area contributed by atoms with E-state index < -0.39 is 17.9 Å². The molecule has 0 saturated carbocycles. The molecular formula is C20H23F3N8O3. The Morgan fingerprint density at radius 2 is 1.85 bits per heavy atom. The number of hydrogen-bond donors (Lipinski definition) is 2. The predicted octanol–water partition coefficient (Wildman–Crippen LogP) is 3.11. The predicted molar refractivity (Wildman–Crippen MR) is 114 cm³/mol. The van der Waals surface area contributed by atoms with Crippen molar-refractivity contribution in [1.82, 2.24) is 35.3 Å². The zero-order valence-electron chi connectivity index (χ0n) is 18.9. The van der Waals surface area contributed by atoms with E-state index in [1.165, 1.54) is 19.3 Å². The van der Waals surface area contributed by atoms with Crippen LogP contribution in [0.15, 0.2) is 18.3 Å². The average Bonchev–Trinajstić information content (AvgIpc) is 3.14. The molecule has 0 aromatic carbocycles. The number of ether oxygens (including phenoxy) is 2. The fraction of sp³-hybridized carbons (Fsp3) is 0.400. The maximum atomic E-state index is 13.3. The first kappa shape index (κ1) is 24.7. The molecule has 14 heteroatoms. The second-order valence-corrected chi connectivity index (χ2v) is 6.98. The van der Waals surface area contributed by atoms with Crippen LogP contribution >= 0.6 is 0 Å². The van der Waals surface area contributed by atoms with Crippen molar-refractivity contribution in [1.29, 1.82) is 0 Å². The van der Waals surface area contributed by atoms with Gasteiger partial charge in [0.25, 0.3) is 0 Å². The van der Waals surface area contributed by atoms with Gasteiger partial charge in [-0.25, -0.2) is 4.79 Å². The summed E-state index contributed by atoms with van der Waals surface area (Å²) < 4.78 is 51.5. The summed E-state index contributed by atoms with van der Waals surface area (Å²) in [6.45, 7) is 5.83. The van der Waals surface area contributed by atoms with E-state index in [4.69, 9.17) is 9.47 Å². The molecule has 0 aliphatic rings. The highest BCUT2D eigenvalue weighted by Gasteiger charge is 2.38. The lowest BCUT2D eigenvalue weighted by Gasteiger charge is -2.11. The van der Waals surface area contributed by atoms with Gasteiger partial charge in [0.05, 0.1) is 36.7 Å². The lowest BCUT2D eigenvalue weighted by Crippen LogP contribution is -2.29. The minimum absolute atomic E-state index is 0.0269. The molecule has 2 N–H and O–H groups in total. The van der Waals surface area contributed by atoms with E-state index in [0.29, 0.717) is 24.5 Å². The van der Waals surface area contributed by atoms with E-state index >= 15 is 0 Å². The number of hydrogen-bond acceptors (Lipinski definition) is 8. The van der Waals surface area contributed by atoms with Gasteiger partial charge in [0.2, 0.25) is 5.88 Å². The van der Waals surface area contributed by atoms with Crippen molar-refractivity contribution in [2.45, 2.75) is 33.5 Å². The highest BCUT2D eigenvalue weighted by molar-refractivity contribution is 5.88. The van der Waals surface area contributed by atoms with Crippen molar-refractivity contribution in [3.05, 3.63) is 35.3 Å². The number of amides is 2.